The molecule has 2 bridgehead atoms. The Labute approximate surface area is 273 Å². The van der Waals surface area contributed by atoms with Gasteiger partial charge >= 0.3 is 12.3 Å². The summed E-state index contributed by atoms with van der Waals surface area (Å²) in [5, 5.41) is 12.9. The van der Waals surface area contributed by atoms with Gasteiger partial charge in [-0.3, -0.25) is 14.2 Å². The standard InChI is InChI=1S/C32H33ClF3N7O4/c1-19-5-3-8-26(21-7-4-6-20(13-21)14-23(39-30(19)45)11-12-37-31(46)47-2)42-18-38-25(16-29(42)44)24-15-22(33)9-10-27(24)43-17-28(40-41-43)32(34,35)36/h4,6-7,9-10,13,15-19,23,26H,3,5,8,11-12,14H2,1-2H3,(H,37,46)(H,39,45)/t19-,23-,26+/m1/s1. The Morgan fingerprint density at radius 1 is 1.15 bits per heavy atom. The minimum atomic E-state index is -4.68. The molecule has 15 heteroatoms. The zero-order chi connectivity index (χ0) is 33.7. The Hall–Kier alpha value is -4.72. The second-order valence-electron chi connectivity index (χ2n) is 11.4. The van der Waals surface area contributed by atoms with E-state index in [0.29, 0.717) is 49.2 Å². The Balaban J connectivity index is 1.47. The molecule has 0 unspecified atom stereocenters. The molecule has 0 spiro atoms. The Bertz CT molecular complexity index is 1810. The van der Waals surface area contributed by atoms with Gasteiger partial charge in [-0.25, -0.2) is 14.5 Å². The van der Waals surface area contributed by atoms with Crippen LogP contribution in [0.4, 0.5) is 18.0 Å². The van der Waals surface area contributed by atoms with Crippen molar-refractivity contribution in [1.82, 2.24) is 35.2 Å². The maximum atomic E-state index is 13.7. The van der Waals surface area contributed by atoms with Gasteiger partial charge in [-0.2, -0.15) is 13.2 Å². The summed E-state index contributed by atoms with van der Waals surface area (Å²) in [5.74, 6) is -0.366. The molecule has 11 nitrogen and oxygen atoms in total. The molecule has 2 aromatic heterocycles. The molecule has 3 atom stereocenters. The first kappa shape index (κ1) is 33.6. The summed E-state index contributed by atoms with van der Waals surface area (Å²) in [5.41, 5.74) is 0.992. The van der Waals surface area contributed by atoms with Gasteiger partial charge in [0.15, 0.2) is 5.69 Å². The molecule has 0 aliphatic carbocycles. The third-order valence-electron chi connectivity index (χ3n) is 8.11. The van der Waals surface area contributed by atoms with Gasteiger partial charge in [-0.15, -0.1) is 5.10 Å². The Morgan fingerprint density at radius 3 is 2.68 bits per heavy atom. The van der Waals surface area contributed by atoms with Gasteiger partial charge in [-0.05, 0) is 55.0 Å². The lowest BCUT2D eigenvalue weighted by Gasteiger charge is -2.25. The summed E-state index contributed by atoms with van der Waals surface area (Å²) in [6.07, 6.45) is -0.285. The average Bonchev–Trinajstić information content (AvgIpc) is 3.54. The van der Waals surface area contributed by atoms with Crippen molar-refractivity contribution in [2.24, 2.45) is 5.92 Å². The predicted octanol–water partition coefficient (Wildman–Crippen LogP) is 5.35. The molecule has 2 N–H and O–H groups in total. The lowest BCUT2D eigenvalue weighted by atomic mass is 9.92. The molecule has 2 aromatic carbocycles. The molecule has 5 rings (SSSR count). The number of halogens is 4. The molecule has 0 radical (unpaired) electrons. The van der Waals surface area contributed by atoms with E-state index in [4.69, 9.17) is 11.6 Å². The molecular formula is C32H33ClF3N7O4. The lowest BCUT2D eigenvalue weighted by Crippen LogP contribution is -2.41. The van der Waals surface area contributed by atoms with E-state index < -0.39 is 24.0 Å². The normalized spacial score (nSPS) is 18.9. The van der Waals surface area contributed by atoms with E-state index in [1.807, 2.05) is 31.2 Å². The zero-order valence-electron chi connectivity index (χ0n) is 25.6. The number of aromatic nitrogens is 5. The maximum absolute atomic E-state index is 13.7. The fourth-order valence-electron chi connectivity index (χ4n) is 5.63. The molecule has 4 aromatic rings. The number of alkyl halides is 3. The first-order chi connectivity index (χ1) is 22.4. The number of fused-ring (bicyclic) bond motifs is 2. The first-order valence-corrected chi connectivity index (χ1v) is 15.4. The highest BCUT2D eigenvalue weighted by Gasteiger charge is 2.35. The van der Waals surface area contributed by atoms with Crippen LogP contribution in [0.1, 0.15) is 55.5 Å². The number of methoxy groups -OCH3 is 1. The number of amides is 2. The lowest BCUT2D eigenvalue weighted by molar-refractivity contribution is -0.141. The molecule has 1 aliphatic heterocycles. The van der Waals surface area contributed by atoms with Gasteiger partial charge in [0.05, 0.1) is 37.1 Å². The fraction of sp³-hybridized carbons (Fsp3) is 0.375. The van der Waals surface area contributed by atoms with Gasteiger partial charge in [0.2, 0.25) is 5.91 Å². The molecule has 0 saturated heterocycles. The van der Waals surface area contributed by atoms with Crippen LogP contribution in [0, 0.1) is 5.92 Å². The smallest absolute Gasteiger partial charge is 0.436 e. The number of nitrogens with zero attached hydrogens (tertiary/aromatic N) is 5. The fourth-order valence-corrected chi connectivity index (χ4v) is 5.80. The third kappa shape index (κ3) is 8.17. The number of ether oxygens (including phenoxy) is 1. The number of hydrogen-bond acceptors (Lipinski definition) is 7. The van der Waals surface area contributed by atoms with Crippen molar-refractivity contribution in [2.75, 3.05) is 13.7 Å². The van der Waals surface area contributed by atoms with Crippen LogP contribution in [0.15, 0.2) is 65.8 Å². The molecule has 248 valence electrons. The van der Waals surface area contributed by atoms with Crippen LogP contribution in [0.2, 0.25) is 5.02 Å². The van der Waals surface area contributed by atoms with E-state index in [1.165, 1.54) is 42.3 Å². The van der Waals surface area contributed by atoms with Crippen molar-refractivity contribution in [1.29, 1.82) is 0 Å². The number of carbonyl (C=O) groups is 2. The topological polar surface area (TPSA) is 133 Å². The second-order valence-corrected chi connectivity index (χ2v) is 11.9. The number of rotatable bonds is 6. The maximum Gasteiger partial charge on any atom is 0.436 e. The van der Waals surface area contributed by atoms with Gasteiger partial charge in [0, 0.05) is 35.2 Å². The van der Waals surface area contributed by atoms with E-state index in [0.717, 1.165) is 22.0 Å². The predicted molar refractivity (Wildman–Crippen MR) is 167 cm³/mol. The van der Waals surface area contributed by atoms with E-state index >= 15 is 0 Å². The van der Waals surface area contributed by atoms with E-state index in [9.17, 15) is 27.6 Å². The summed E-state index contributed by atoms with van der Waals surface area (Å²) in [6, 6.07) is 12.9. The largest absolute Gasteiger partial charge is 0.453 e. The van der Waals surface area contributed by atoms with Crippen LogP contribution in [-0.2, 0) is 22.1 Å². The average molecular weight is 672 g/mol. The number of nitrogens with one attached hydrogen (secondary N) is 2. The summed E-state index contributed by atoms with van der Waals surface area (Å²) in [4.78, 5) is 42.8. The molecule has 2 amide bonds. The number of alkyl carbamates (subject to hydrolysis) is 1. The molecule has 1 aliphatic rings. The van der Waals surface area contributed by atoms with E-state index in [1.54, 1.807) is 0 Å². The SMILES string of the molecule is COC(=O)NCC[C@@H]1Cc2cccc(c2)[C@@H](n2cnc(-c3cc(Cl)ccc3-n3cc(C(F)(F)F)nn3)cc2=O)CCC[C@@H](C)C(=O)N1. The van der Waals surface area contributed by atoms with Crippen LogP contribution in [-0.4, -0.2) is 56.2 Å². The zero-order valence-corrected chi connectivity index (χ0v) is 26.4. The molecule has 3 heterocycles. The Morgan fingerprint density at radius 2 is 1.96 bits per heavy atom. The molecule has 0 saturated carbocycles. The quantitative estimate of drug-likeness (QED) is 0.283. The minimum Gasteiger partial charge on any atom is -0.453 e. The van der Waals surface area contributed by atoms with Crippen molar-refractivity contribution in [3.8, 4) is 16.9 Å². The third-order valence-corrected chi connectivity index (χ3v) is 8.35. The summed E-state index contributed by atoms with van der Waals surface area (Å²) in [6.45, 7) is 2.17. The first-order valence-electron chi connectivity index (χ1n) is 15.0. The monoisotopic (exact) mass is 671 g/mol. The summed E-state index contributed by atoms with van der Waals surface area (Å²) in [7, 11) is 1.29. The van der Waals surface area contributed by atoms with Crippen LogP contribution >= 0.6 is 11.6 Å². The van der Waals surface area contributed by atoms with Gasteiger partial charge in [-0.1, -0.05) is 54.4 Å². The van der Waals surface area contributed by atoms with Crippen molar-refractivity contribution in [3.63, 3.8) is 0 Å². The highest BCUT2D eigenvalue weighted by atomic mass is 35.5. The van der Waals surface area contributed by atoms with Gasteiger partial charge in [0.25, 0.3) is 5.56 Å². The summed E-state index contributed by atoms with van der Waals surface area (Å²) >= 11 is 6.24. The highest BCUT2D eigenvalue weighted by molar-refractivity contribution is 6.31. The molecular weight excluding hydrogens is 639 g/mol. The van der Waals surface area contributed by atoms with Crippen molar-refractivity contribution in [3.05, 3.63) is 93.3 Å². The van der Waals surface area contributed by atoms with Crippen molar-refractivity contribution < 1.29 is 27.5 Å². The minimum absolute atomic E-state index is 0.0865. The van der Waals surface area contributed by atoms with Gasteiger partial charge in [0.1, 0.15) is 0 Å². The number of hydrogen-bond donors (Lipinski definition) is 2. The van der Waals surface area contributed by atoms with E-state index in [2.05, 4.69) is 30.7 Å². The van der Waals surface area contributed by atoms with Crippen LogP contribution in [0.25, 0.3) is 16.9 Å². The highest BCUT2D eigenvalue weighted by Crippen LogP contribution is 2.32. The van der Waals surface area contributed by atoms with Gasteiger partial charge < -0.3 is 15.4 Å². The van der Waals surface area contributed by atoms with E-state index in [-0.39, 0.29) is 34.8 Å². The van der Waals surface area contributed by atoms with Crippen LogP contribution in [0.5, 0.6) is 0 Å². The second kappa shape index (κ2) is 14.4. The number of carbonyl (C=O) groups excluding carboxylic acids is 2. The summed E-state index contributed by atoms with van der Waals surface area (Å²) < 4.78 is 46.8. The number of benzene rings is 2. The molecule has 47 heavy (non-hydrogen) atoms. The van der Waals surface area contributed by atoms with Crippen molar-refractivity contribution >= 4 is 23.6 Å². The van der Waals surface area contributed by atoms with Crippen LogP contribution < -0.4 is 16.2 Å². The van der Waals surface area contributed by atoms with Crippen molar-refractivity contribution in [2.45, 2.75) is 57.3 Å². The van der Waals surface area contributed by atoms with Crippen LogP contribution in [0.3, 0.4) is 0 Å². The molecule has 0 fully saturated rings. The Kier molecular flexibility index (Phi) is 10.3.